The summed E-state index contributed by atoms with van der Waals surface area (Å²) in [5.74, 6) is -20.5. The molecule has 694 valence electrons. The zero-order valence-corrected chi connectivity index (χ0v) is 68.0. The van der Waals surface area contributed by atoms with Gasteiger partial charge in [-0.2, -0.15) is 0 Å². The molecule has 54 heteroatoms. The number of hydrogen-bond donors (Lipinski definition) is 2. The predicted molar refractivity (Wildman–Crippen MR) is 400 cm³/mol. The Hall–Kier alpha value is -15.9. The van der Waals surface area contributed by atoms with Crippen LogP contribution in [0.25, 0.3) is 0 Å². The lowest BCUT2D eigenvalue weighted by Gasteiger charge is -2.18. The fourth-order valence-corrected chi connectivity index (χ4v) is 10.9. The topological polar surface area (TPSA) is 691 Å². The summed E-state index contributed by atoms with van der Waals surface area (Å²) >= 11 is 0. The van der Waals surface area contributed by atoms with Crippen molar-refractivity contribution in [2.75, 3.05) is 45.1 Å². The van der Waals surface area contributed by atoms with Crippen LogP contribution >= 0.6 is 0 Å². The molecule has 8 fully saturated rings. The van der Waals surface area contributed by atoms with Gasteiger partial charge in [-0.1, -0.05) is 13.0 Å². The van der Waals surface area contributed by atoms with E-state index in [0.29, 0.717) is 52.6 Å². The van der Waals surface area contributed by atoms with E-state index in [4.69, 9.17) is 43.6 Å². The Kier molecular flexibility index (Phi) is 38.7. The molecule has 8 aliphatic rings. The van der Waals surface area contributed by atoms with Gasteiger partial charge in [0.05, 0.1) is 47.8 Å². The number of nitro groups is 1. The van der Waals surface area contributed by atoms with Gasteiger partial charge < -0.3 is 62.4 Å². The third-order valence-corrected chi connectivity index (χ3v) is 17.2. The van der Waals surface area contributed by atoms with E-state index in [1.165, 1.54) is 66.7 Å². The lowest BCUT2D eigenvalue weighted by atomic mass is 9.94. The second kappa shape index (κ2) is 49.7. The molecule has 0 saturated carbocycles. The fraction of sp³-hybridized carbons (Fsp3) is 0.408. The molecule has 3 aromatic carbocycles. The third-order valence-electron chi connectivity index (χ3n) is 17.2. The number of nitro benzene ring substituents is 1. The average Bonchev–Trinajstić information content (AvgIpc) is 1.22. The van der Waals surface area contributed by atoms with Crippen molar-refractivity contribution >= 4 is 171 Å². The maximum atomic E-state index is 12.2. The number of non-ortho nitro benzene ring substituents is 1. The SMILES string of the molecule is CCCC(=O)C(CC(=O)ON1C(=O)CCC1=O)CC(=O)ON1C(=O)CCC1=O.O=C(CCCC(=O)ON1C(=O)CCC1=O)ON1C(=O)CCC1=O.O=C(COCC(=O)ON1C(=O)CCC1=O)ON1C(=O)CCC1=O.O=C(COCCOCC(=O)Oc1ccc([N+](=O)[O-])cc1)Oc1ccc(NOO)cc1.O=C(ON1C(=O)CCC1=O)c1cccc(C(=O)ON2C(=O)CCC2=O)c1. The molecule has 0 bridgehead atoms. The van der Waals surface area contributed by atoms with Gasteiger partial charge in [0, 0.05) is 140 Å². The Balaban J connectivity index is 0.000000223. The monoisotopic (exact) mass is 1830 g/mol. The van der Waals surface area contributed by atoms with Crippen molar-refractivity contribution in [1.29, 1.82) is 0 Å². The van der Waals surface area contributed by atoms with Crippen LogP contribution in [-0.4, -0.2) is 250 Å². The van der Waals surface area contributed by atoms with E-state index >= 15 is 0 Å². The van der Waals surface area contributed by atoms with Gasteiger partial charge in [-0.15, -0.1) is 45.5 Å². The summed E-state index contributed by atoms with van der Waals surface area (Å²) in [6.45, 7) is -0.337. The van der Waals surface area contributed by atoms with Crippen LogP contribution in [0.15, 0.2) is 72.8 Å². The smallest absolute Gasteiger partial charge is 0.363 e. The van der Waals surface area contributed by atoms with E-state index in [9.17, 15) is 140 Å². The van der Waals surface area contributed by atoms with Crippen molar-refractivity contribution in [3.63, 3.8) is 0 Å². The van der Waals surface area contributed by atoms with Crippen LogP contribution in [0.3, 0.4) is 0 Å². The maximum absolute atomic E-state index is 12.2. The Bertz CT molecular complexity index is 4540. The molecule has 11 rings (SSSR count). The molecule has 0 unspecified atom stereocenters. The number of Topliss-reactive ketones (excluding diaryl/α,β-unsaturated/α-hetero) is 1. The van der Waals surface area contributed by atoms with Crippen molar-refractivity contribution in [1.82, 2.24) is 40.5 Å². The number of imide groups is 8. The van der Waals surface area contributed by atoms with Gasteiger partial charge in [-0.05, 0) is 67.4 Å². The number of rotatable bonds is 37. The summed E-state index contributed by atoms with van der Waals surface area (Å²) in [5.41, 5.74) is 2.29. The first kappa shape index (κ1) is 101. The number of ether oxygens (including phenoxy) is 5. The van der Waals surface area contributed by atoms with E-state index in [1.807, 2.05) is 0 Å². The van der Waals surface area contributed by atoms with E-state index in [0.717, 1.165) is 6.07 Å². The second-order valence-corrected chi connectivity index (χ2v) is 27.0. The molecular formula is C76H76N10O44. The first-order chi connectivity index (χ1) is 61.8. The standard InChI is InChI=1S/C18H18N2O10.C17H20N2O9.C16H12N2O8.C13H14N2O8.C12H12N2O9/c21-17(28-15-5-1-13(2-6-15)19-30-25)11-26-9-10-27-12-18(22)29-16-7-3-14(4-8-16)20(23)24;1-2-3-11(20)10(8-16(25)27-18-12(21)4-5-13(18)22)9-17(26)28-19-14(23)6-7-15(19)24;19-11-4-5-12(20)17(11)25-15(23)9-2-1-3-10(8-9)16(24)26-18-13(21)6-7-14(18)22;16-8-4-5-9(17)14(8)22-12(20)2-1-3-13(21)23-15-10(18)6-7-11(15)19;15-7-1-2-8(16)13(7)22-11(19)5-21-6-12(20)23-14-9(17)3-4-10(14)18/h1-8,19,25H,9-12H2;10H,2-9H2,1H3;1-3,8H,4-7H2;1-7H2;1-6H2. The van der Waals surface area contributed by atoms with Gasteiger partial charge in [-0.3, -0.25) is 91.6 Å². The minimum absolute atomic E-state index is 0.00364. The predicted octanol–water partition coefficient (Wildman–Crippen LogP) is -0.361. The van der Waals surface area contributed by atoms with E-state index in [-0.39, 0.29) is 183 Å². The molecule has 8 aliphatic heterocycles. The van der Waals surface area contributed by atoms with E-state index in [2.05, 4.69) is 34.6 Å². The third kappa shape index (κ3) is 31.7. The average molecular weight is 1830 g/mol. The zero-order chi connectivity index (χ0) is 95.4. The van der Waals surface area contributed by atoms with Crippen LogP contribution in [0.2, 0.25) is 0 Å². The van der Waals surface area contributed by atoms with Crippen molar-refractivity contribution in [2.45, 2.75) is 155 Å². The second-order valence-electron chi connectivity index (χ2n) is 27.0. The number of ketones is 1. The molecule has 2 N–H and O–H groups in total. The number of amides is 16. The van der Waals surface area contributed by atoms with E-state index < -0.39 is 197 Å². The number of benzene rings is 3. The van der Waals surface area contributed by atoms with Crippen molar-refractivity contribution in [3.8, 4) is 11.5 Å². The minimum atomic E-state index is -1.14. The number of esters is 2. The van der Waals surface area contributed by atoms with Gasteiger partial charge in [0.2, 0.25) is 0 Å². The Morgan fingerprint density at radius 2 is 0.623 bits per heavy atom. The molecule has 0 aromatic heterocycles. The summed E-state index contributed by atoms with van der Waals surface area (Å²) in [5, 5.41) is 21.8. The van der Waals surface area contributed by atoms with Crippen LogP contribution in [0.4, 0.5) is 11.4 Å². The lowest BCUT2D eigenvalue weighted by molar-refractivity contribution is -0.384. The molecular weight excluding hydrogens is 1760 g/mol. The summed E-state index contributed by atoms with van der Waals surface area (Å²) in [4.78, 5) is 362. The molecule has 0 aliphatic carbocycles. The number of anilines is 1. The van der Waals surface area contributed by atoms with Crippen molar-refractivity contribution in [3.05, 3.63) is 94.0 Å². The van der Waals surface area contributed by atoms with Crippen LogP contribution in [0.1, 0.15) is 175 Å². The molecule has 0 spiro atoms. The van der Waals surface area contributed by atoms with Crippen LogP contribution in [0.5, 0.6) is 11.5 Å². The fourth-order valence-electron chi connectivity index (χ4n) is 10.9. The van der Waals surface area contributed by atoms with Crippen molar-refractivity contribution in [2.24, 2.45) is 5.92 Å². The van der Waals surface area contributed by atoms with Gasteiger partial charge in [0.1, 0.15) is 43.7 Å². The summed E-state index contributed by atoms with van der Waals surface area (Å²) in [7, 11) is 0. The zero-order valence-electron chi connectivity index (χ0n) is 68.0. The molecule has 54 nitrogen and oxygen atoms in total. The quantitative estimate of drug-likeness (QED) is 0.0142. The first-order valence-electron chi connectivity index (χ1n) is 38.6. The molecule has 0 atom stereocenters. The van der Waals surface area contributed by atoms with Crippen LogP contribution in [0, 0.1) is 16.0 Å². The Morgan fingerprint density at radius 1 is 0.354 bits per heavy atom. The molecule has 130 heavy (non-hydrogen) atoms. The number of carbonyl (C=O) groups excluding carboxylic acids is 27. The Labute approximate surface area is 727 Å². The molecule has 0 radical (unpaired) electrons. The highest BCUT2D eigenvalue weighted by Gasteiger charge is 2.41. The molecule has 3 aromatic rings. The van der Waals surface area contributed by atoms with Gasteiger partial charge in [0.25, 0.3) is 100 Å². The first-order valence-corrected chi connectivity index (χ1v) is 38.6. The summed E-state index contributed by atoms with van der Waals surface area (Å²) in [6.07, 6.45) is -1.69. The van der Waals surface area contributed by atoms with Gasteiger partial charge in [0.15, 0.2) is 0 Å². The normalized spacial score (nSPS) is 15.8. The molecule has 16 amide bonds. The van der Waals surface area contributed by atoms with E-state index in [1.54, 1.807) is 6.92 Å². The number of nitrogens with one attached hydrogen (secondary N) is 1. The maximum Gasteiger partial charge on any atom is 0.363 e. The highest BCUT2D eigenvalue weighted by molar-refractivity contribution is 6.07. The minimum Gasteiger partial charge on any atom is -0.425 e. The van der Waals surface area contributed by atoms with Gasteiger partial charge >= 0.3 is 59.7 Å². The highest BCUT2D eigenvalue weighted by atomic mass is 17.2. The number of carbonyl (C=O) groups is 27. The number of hydroxylamine groups is 16. The molecule has 8 heterocycles. The Morgan fingerprint density at radius 3 is 0.908 bits per heavy atom. The van der Waals surface area contributed by atoms with Crippen LogP contribution in [-0.2, 0) is 178 Å². The number of nitrogens with zero attached hydrogens (tertiary/aromatic N) is 9. The van der Waals surface area contributed by atoms with Crippen LogP contribution < -0.4 is 15.0 Å². The molecule has 8 saturated heterocycles. The number of hydrogen-bond acceptors (Lipinski definition) is 45. The van der Waals surface area contributed by atoms with Gasteiger partial charge in [-0.25, -0.2) is 58.7 Å². The lowest BCUT2D eigenvalue weighted by Crippen LogP contribution is -2.35. The largest absolute Gasteiger partial charge is 0.425 e. The van der Waals surface area contributed by atoms with Crippen molar-refractivity contribution < 1.29 is 207 Å². The summed E-state index contributed by atoms with van der Waals surface area (Å²) < 4.78 is 24.8. The highest BCUT2D eigenvalue weighted by Crippen LogP contribution is 2.25. The summed E-state index contributed by atoms with van der Waals surface area (Å²) in [6, 6.07) is 16.1.